The summed E-state index contributed by atoms with van der Waals surface area (Å²) in [7, 11) is 1.95. The molecule has 1 aromatic rings. The van der Waals surface area contributed by atoms with Crippen molar-refractivity contribution >= 4 is 12.2 Å². The lowest BCUT2D eigenvalue weighted by molar-refractivity contribution is 0.632. The van der Waals surface area contributed by atoms with Crippen molar-refractivity contribution < 1.29 is 0 Å². The molecule has 1 aromatic heterocycles. The Hall–Kier alpha value is -0.610. The van der Waals surface area contributed by atoms with Crippen LogP contribution in [0.5, 0.6) is 0 Å². The molecule has 2 N–H and O–H groups in total. The van der Waals surface area contributed by atoms with Gasteiger partial charge in [-0.15, -0.1) is 0 Å². The first-order valence-corrected chi connectivity index (χ1v) is 4.08. The second-order valence-electron chi connectivity index (χ2n) is 2.53. The average Bonchev–Trinajstić information content (AvgIpc) is 2.31. The Morgan fingerprint density at radius 1 is 1.55 bits per heavy atom. The summed E-state index contributed by atoms with van der Waals surface area (Å²) >= 11 is 5.13. The van der Waals surface area contributed by atoms with Crippen LogP contribution in [0.25, 0.3) is 0 Å². The molecule has 3 nitrogen and oxygen atoms in total. The SMILES string of the molecule is Cn1ccn(CCCN)c1=S. The van der Waals surface area contributed by atoms with Crippen molar-refractivity contribution in [2.24, 2.45) is 12.8 Å². The molecule has 11 heavy (non-hydrogen) atoms. The minimum absolute atomic E-state index is 0.719. The fourth-order valence-electron chi connectivity index (χ4n) is 0.942. The molecule has 1 rings (SSSR count). The standard InChI is InChI=1S/C7H13N3S/c1-9-5-6-10(7(9)11)4-2-3-8/h5-6H,2-4,8H2,1H3. The molecule has 0 saturated carbocycles. The van der Waals surface area contributed by atoms with Gasteiger partial charge in [-0.1, -0.05) is 0 Å². The number of nitrogens with two attached hydrogens (primary N) is 1. The number of rotatable bonds is 3. The Morgan fingerprint density at radius 2 is 2.27 bits per heavy atom. The molecule has 0 atom stereocenters. The van der Waals surface area contributed by atoms with Crippen molar-refractivity contribution in [1.82, 2.24) is 9.13 Å². The summed E-state index contributed by atoms with van der Waals surface area (Å²) in [5.41, 5.74) is 5.38. The van der Waals surface area contributed by atoms with E-state index in [0.717, 1.165) is 24.3 Å². The third-order valence-electron chi connectivity index (χ3n) is 1.62. The molecule has 0 unspecified atom stereocenters. The van der Waals surface area contributed by atoms with Gasteiger partial charge in [0.25, 0.3) is 0 Å². The molecule has 0 amide bonds. The van der Waals surface area contributed by atoms with Crippen LogP contribution in [0, 0.1) is 4.77 Å². The zero-order valence-corrected chi connectivity index (χ0v) is 7.47. The van der Waals surface area contributed by atoms with Crippen molar-refractivity contribution in [3.8, 4) is 0 Å². The van der Waals surface area contributed by atoms with Gasteiger partial charge >= 0.3 is 0 Å². The lowest BCUT2D eigenvalue weighted by Crippen LogP contribution is -2.05. The normalized spacial score (nSPS) is 10.4. The fourth-order valence-corrected chi connectivity index (χ4v) is 1.16. The quantitative estimate of drug-likeness (QED) is 0.686. The molecule has 0 bridgehead atoms. The summed E-state index contributed by atoms with van der Waals surface area (Å²) in [4.78, 5) is 0. The molecule has 1 heterocycles. The molecule has 0 saturated heterocycles. The van der Waals surface area contributed by atoms with Gasteiger partial charge in [0.1, 0.15) is 0 Å². The van der Waals surface area contributed by atoms with Crippen LogP contribution < -0.4 is 5.73 Å². The number of hydrogen-bond donors (Lipinski definition) is 1. The molecule has 0 aliphatic carbocycles. The number of aryl methyl sites for hydroxylation is 2. The topological polar surface area (TPSA) is 35.9 Å². The van der Waals surface area contributed by atoms with Gasteiger partial charge in [-0.2, -0.15) is 0 Å². The Morgan fingerprint density at radius 3 is 2.73 bits per heavy atom. The molecule has 0 aliphatic heterocycles. The Kier molecular flexibility index (Phi) is 2.84. The zero-order valence-electron chi connectivity index (χ0n) is 6.66. The van der Waals surface area contributed by atoms with Gasteiger partial charge in [0.05, 0.1) is 0 Å². The molecular weight excluding hydrogens is 158 g/mol. The summed E-state index contributed by atoms with van der Waals surface area (Å²) in [6.45, 7) is 1.65. The van der Waals surface area contributed by atoms with Crippen LogP contribution in [0.2, 0.25) is 0 Å². The molecule has 0 aromatic carbocycles. The number of imidazole rings is 1. The van der Waals surface area contributed by atoms with E-state index in [1.54, 1.807) is 0 Å². The van der Waals surface area contributed by atoms with Crippen LogP contribution in [0.15, 0.2) is 12.4 Å². The van der Waals surface area contributed by atoms with E-state index in [2.05, 4.69) is 0 Å². The summed E-state index contributed by atoms with van der Waals surface area (Å²) in [5.74, 6) is 0. The maximum atomic E-state index is 5.38. The molecule has 0 fully saturated rings. The lowest BCUT2D eigenvalue weighted by Gasteiger charge is -1.99. The molecule has 4 heteroatoms. The van der Waals surface area contributed by atoms with Crippen molar-refractivity contribution in [1.29, 1.82) is 0 Å². The smallest absolute Gasteiger partial charge is 0.179 e. The Bertz CT molecular complexity index is 273. The highest BCUT2D eigenvalue weighted by Gasteiger charge is 1.93. The van der Waals surface area contributed by atoms with Crippen molar-refractivity contribution in [2.75, 3.05) is 6.54 Å². The molecule has 62 valence electrons. The highest BCUT2D eigenvalue weighted by molar-refractivity contribution is 7.71. The Balaban J connectivity index is 2.71. The lowest BCUT2D eigenvalue weighted by atomic mass is 10.4. The minimum atomic E-state index is 0.719. The molecule has 0 spiro atoms. The first kappa shape index (κ1) is 8.49. The van der Waals surface area contributed by atoms with Crippen molar-refractivity contribution in [3.05, 3.63) is 17.2 Å². The summed E-state index contributed by atoms with van der Waals surface area (Å²) in [6, 6.07) is 0. The maximum absolute atomic E-state index is 5.38. The van der Waals surface area contributed by atoms with Gasteiger partial charge in [-0.05, 0) is 25.2 Å². The van der Waals surface area contributed by atoms with Gasteiger partial charge < -0.3 is 14.9 Å². The van der Waals surface area contributed by atoms with Gasteiger partial charge in [-0.3, -0.25) is 0 Å². The summed E-state index contributed by atoms with van der Waals surface area (Å²) in [6.07, 6.45) is 4.93. The van der Waals surface area contributed by atoms with E-state index in [0.29, 0.717) is 0 Å². The summed E-state index contributed by atoms with van der Waals surface area (Å²) in [5, 5.41) is 0. The van der Waals surface area contributed by atoms with E-state index in [4.69, 9.17) is 18.0 Å². The zero-order chi connectivity index (χ0) is 8.27. The third-order valence-corrected chi connectivity index (χ3v) is 2.14. The molecule has 0 aliphatic rings. The number of hydrogen-bond acceptors (Lipinski definition) is 2. The first-order chi connectivity index (χ1) is 5.25. The maximum Gasteiger partial charge on any atom is 0.179 e. The summed E-state index contributed by atoms with van der Waals surface area (Å²) < 4.78 is 4.81. The van der Waals surface area contributed by atoms with Gasteiger partial charge in [0.15, 0.2) is 4.77 Å². The minimum Gasteiger partial charge on any atom is -0.330 e. The first-order valence-electron chi connectivity index (χ1n) is 3.67. The second-order valence-corrected chi connectivity index (χ2v) is 2.89. The van der Waals surface area contributed by atoms with E-state index in [1.165, 1.54) is 0 Å². The van der Waals surface area contributed by atoms with Gasteiger partial charge in [-0.25, -0.2) is 0 Å². The highest BCUT2D eigenvalue weighted by Crippen LogP contribution is 1.95. The molecule has 0 radical (unpaired) electrons. The highest BCUT2D eigenvalue weighted by atomic mass is 32.1. The number of aromatic nitrogens is 2. The predicted octanol–water partition coefficient (Wildman–Crippen LogP) is 0.905. The van der Waals surface area contributed by atoms with Gasteiger partial charge in [0.2, 0.25) is 0 Å². The Labute approximate surface area is 71.4 Å². The van der Waals surface area contributed by atoms with Crippen LogP contribution >= 0.6 is 12.2 Å². The van der Waals surface area contributed by atoms with Gasteiger partial charge in [0, 0.05) is 26.0 Å². The second kappa shape index (κ2) is 3.69. The van der Waals surface area contributed by atoms with Crippen LogP contribution in [0.1, 0.15) is 6.42 Å². The fraction of sp³-hybridized carbons (Fsp3) is 0.571. The average molecular weight is 171 g/mol. The monoisotopic (exact) mass is 171 g/mol. The van der Waals surface area contributed by atoms with E-state index in [1.807, 2.05) is 28.6 Å². The van der Waals surface area contributed by atoms with E-state index in [-0.39, 0.29) is 0 Å². The van der Waals surface area contributed by atoms with E-state index >= 15 is 0 Å². The van der Waals surface area contributed by atoms with E-state index in [9.17, 15) is 0 Å². The van der Waals surface area contributed by atoms with E-state index < -0.39 is 0 Å². The van der Waals surface area contributed by atoms with Crippen LogP contribution in [-0.4, -0.2) is 15.7 Å². The van der Waals surface area contributed by atoms with Crippen LogP contribution in [0.4, 0.5) is 0 Å². The predicted molar refractivity (Wildman–Crippen MR) is 47.9 cm³/mol. The third kappa shape index (κ3) is 1.91. The number of nitrogens with zero attached hydrogens (tertiary/aromatic N) is 2. The van der Waals surface area contributed by atoms with Crippen LogP contribution in [-0.2, 0) is 13.6 Å². The largest absolute Gasteiger partial charge is 0.330 e. The van der Waals surface area contributed by atoms with Crippen molar-refractivity contribution in [2.45, 2.75) is 13.0 Å². The van der Waals surface area contributed by atoms with Crippen molar-refractivity contribution in [3.63, 3.8) is 0 Å². The van der Waals surface area contributed by atoms with Crippen LogP contribution in [0.3, 0.4) is 0 Å². The molecular formula is C7H13N3S.